The maximum atomic E-state index is 2.54. The minimum atomic E-state index is -0.474. The lowest BCUT2D eigenvalue weighted by Crippen LogP contribution is -2.29. The third-order valence-electron chi connectivity index (χ3n) is 5.79. The summed E-state index contributed by atoms with van der Waals surface area (Å²) in [6.45, 7) is 21.5. The minimum Gasteiger partial charge on any atom is -0.0886 e. The summed E-state index contributed by atoms with van der Waals surface area (Å²) in [6, 6.07) is 18.2. The van der Waals surface area contributed by atoms with E-state index in [-0.39, 0.29) is 0 Å². The van der Waals surface area contributed by atoms with Gasteiger partial charge in [-0.25, -0.2) is 0 Å². The van der Waals surface area contributed by atoms with Gasteiger partial charge >= 0.3 is 0 Å². The molecule has 2 aromatic carbocycles. The van der Waals surface area contributed by atoms with Crippen LogP contribution >= 0.6 is 25.1 Å². The number of benzene rings is 2. The average molecular weight is 483 g/mol. The Hall–Kier alpha value is -0.790. The van der Waals surface area contributed by atoms with E-state index in [0.717, 1.165) is 17.2 Å². The summed E-state index contributed by atoms with van der Waals surface area (Å²) in [5, 5.41) is 7.09. The van der Waals surface area contributed by atoms with E-state index in [9.17, 15) is 0 Å². The molecular weight excluding hydrogens is 441 g/mol. The van der Waals surface area contributed by atoms with Gasteiger partial charge in [0.15, 0.2) is 0 Å². The molecule has 0 fully saturated rings. The monoisotopic (exact) mass is 482 g/mol. The summed E-state index contributed by atoms with van der Waals surface area (Å²) < 4.78 is 0. The van der Waals surface area contributed by atoms with Crippen molar-refractivity contribution >= 4 is 35.7 Å². The smallest absolute Gasteiger partial charge is 0.0164 e. The van der Waals surface area contributed by atoms with Crippen molar-refractivity contribution < 1.29 is 0 Å². The first-order chi connectivity index (χ1) is 14.9. The summed E-state index contributed by atoms with van der Waals surface area (Å²) in [5.74, 6) is 0.551. The van der Waals surface area contributed by atoms with Crippen molar-refractivity contribution in [1.82, 2.24) is 0 Å². The van der Waals surface area contributed by atoms with Gasteiger partial charge in [-0.05, 0) is 70.1 Å². The molecule has 1 aliphatic rings. The summed E-state index contributed by atoms with van der Waals surface area (Å²) in [7, 11) is 1.26. The van der Waals surface area contributed by atoms with Gasteiger partial charge in [-0.2, -0.15) is 0 Å². The van der Waals surface area contributed by atoms with Gasteiger partial charge < -0.3 is 0 Å². The Morgan fingerprint density at radius 2 is 1.06 bits per heavy atom. The number of hydrogen-bond acceptors (Lipinski definition) is 0. The molecule has 0 bridgehead atoms. The average Bonchev–Trinajstić information content (AvgIpc) is 3.03. The topological polar surface area (TPSA) is 0 Å². The zero-order chi connectivity index (χ0) is 23.7. The molecule has 0 nitrogen and oxygen atoms in total. The van der Waals surface area contributed by atoms with Crippen molar-refractivity contribution in [1.29, 1.82) is 0 Å². The fourth-order valence-electron chi connectivity index (χ4n) is 4.56. The lowest BCUT2D eigenvalue weighted by Gasteiger charge is -2.37. The third kappa shape index (κ3) is 6.41. The Morgan fingerprint density at radius 1 is 0.688 bits per heavy atom. The van der Waals surface area contributed by atoms with Gasteiger partial charge in [-0.1, -0.05) is 126 Å². The van der Waals surface area contributed by atoms with Gasteiger partial charge in [-0.15, -0.1) is 0 Å². The molecule has 0 saturated carbocycles. The van der Waals surface area contributed by atoms with E-state index in [0.29, 0.717) is 21.9 Å². The molecule has 2 aromatic rings. The number of rotatable bonds is 6. The molecule has 172 valence electrons. The highest BCUT2D eigenvalue weighted by atomic mass is 31.1. The molecular formula is C29H41P3. The fourth-order valence-corrected chi connectivity index (χ4v) is 11.3. The molecule has 0 N–H and O–H groups in total. The Balaban J connectivity index is 2.12. The normalized spacial score (nSPS) is 18.8. The Morgan fingerprint density at radius 3 is 1.41 bits per heavy atom. The van der Waals surface area contributed by atoms with Crippen LogP contribution in [0.2, 0.25) is 0 Å². The van der Waals surface area contributed by atoms with Crippen molar-refractivity contribution in [2.75, 3.05) is 0 Å². The van der Waals surface area contributed by atoms with Crippen LogP contribution in [0.15, 0.2) is 71.3 Å². The van der Waals surface area contributed by atoms with Crippen molar-refractivity contribution in [3.05, 3.63) is 82.4 Å². The van der Waals surface area contributed by atoms with Crippen LogP contribution in [0.5, 0.6) is 0 Å². The maximum absolute atomic E-state index is 2.54. The van der Waals surface area contributed by atoms with Crippen molar-refractivity contribution in [3.63, 3.8) is 0 Å². The summed E-state index contributed by atoms with van der Waals surface area (Å²) >= 11 is 0. The standard InChI is InChI=1S/C29H41P3/c1-20-14-10-12-16-25(20)32(26-17-13-11-15-21(26)2)22(3)27-23(30-28(4,5)6)18-19-24(27)31-29(7,8)9/h10-19,22,27,30-31H,1-9H3. The van der Waals surface area contributed by atoms with Crippen LogP contribution in [0.1, 0.15) is 59.6 Å². The Labute approximate surface area is 202 Å². The first kappa shape index (κ1) is 25.8. The molecule has 3 atom stereocenters. The Bertz CT molecular complexity index is 924. The van der Waals surface area contributed by atoms with E-state index >= 15 is 0 Å². The second-order valence-electron chi connectivity index (χ2n) is 11.2. The molecule has 0 radical (unpaired) electrons. The Kier molecular flexibility index (Phi) is 8.25. The lowest BCUT2D eigenvalue weighted by atomic mass is 10.1. The first-order valence-electron chi connectivity index (χ1n) is 11.8. The summed E-state index contributed by atoms with van der Waals surface area (Å²) in [4.78, 5) is 0. The van der Waals surface area contributed by atoms with E-state index < -0.39 is 7.92 Å². The second kappa shape index (κ2) is 10.2. The SMILES string of the molecule is Cc1ccccc1P(c1ccccc1C)C(C)C1C(PC(C)(C)C)=CC=C1PC(C)(C)C. The van der Waals surface area contributed by atoms with Crippen LogP contribution in [0.3, 0.4) is 0 Å². The minimum absolute atomic E-state index is 0.325. The highest BCUT2D eigenvalue weighted by Crippen LogP contribution is 2.59. The largest absolute Gasteiger partial charge is 0.0886 e. The van der Waals surface area contributed by atoms with Crippen LogP contribution in [0, 0.1) is 19.8 Å². The van der Waals surface area contributed by atoms with E-state index in [1.54, 1.807) is 21.2 Å². The van der Waals surface area contributed by atoms with Gasteiger partial charge in [0.1, 0.15) is 0 Å². The van der Waals surface area contributed by atoms with Crippen LogP contribution in [0.25, 0.3) is 0 Å². The molecule has 0 amide bonds. The molecule has 0 saturated heterocycles. The molecule has 1 aliphatic carbocycles. The van der Waals surface area contributed by atoms with Gasteiger partial charge in [-0.3, -0.25) is 0 Å². The maximum Gasteiger partial charge on any atom is 0.0164 e. The van der Waals surface area contributed by atoms with Crippen LogP contribution in [0.4, 0.5) is 0 Å². The second-order valence-corrected chi connectivity index (χ2v) is 18.3. The van der Waals surface area contributed by atoms with Gasteiger partial charge in [0, 0.05) is 5.92 Å². The van der Waals surface area contributed by atoms with E-state index in [2.05, 4.69) is 123 Å². The third-order valence-corrected chi connectivity index (χ3v) is 12.0. The van der Waals surface area contributed by atoms with Gasteiger partial charge in [0.2, 0.25) is 0 Å². The quantitative estimate of drug-likeness (QED) is 0.362. The van der Waals surface area contributed by atoms with Gasteiger partial charge in [0.05, 0.1) is 0 Å². The van der Waals surface area contributed by atoms with E-state index in [4.69, 9.17) is 0 Å². The first-order valence-corrected chi connectivity index (χ1v) is 15.2. The number of allylic oxidation sites excluding steroid dienone is 4. The molecule has 0 spiro atoms. The molecule has 3 heteroatoms. The number of aryl methyl sites for hydroxylation is 2. The van der Waals surface area contributed by atoms with E-state index in [1.165, 1.54) is 11.1 Å². The fraction of sp³-hybridized carbons (Fsp3) is 0.448. The molecule has 3 rings (SSSR count). The molecule has 0 aromatic heterocycles. The van der Waals surface area contributed by atoms with Crippen molar-refractivity contribution in [3.8, 4) is 0 Å². The molecule has 32 heavy (non-hydrogen) atoms. The molecule has 3 unspecified atom stereocenters. The predicted octanol–water partition coefficient (Wildman–Crippen LogP) is 8.48. The van der Waals surface area contributed by atoms with E-state index in [1.807, 2.05) is 0 Å². The van der Waals surface area contributed by atoms with Crippen LogP contribution in [-0.2, 0) is 0 Å². The molecule has 0 heterocycles. The highest BCUT2D eigenvalue weighted by Gasteiger charge is 2.37. The summed E-state index contributed by atoms with van der Waals surface area (Å²) in [5.41, 5.74) is 3.43. The summed E-state index contributed by atoms with van der Waals surface area (Å²) in [6.07, 6.45) is 4.98. The van der Waals surface area contributed by atoms with Crippen molar-refractivity contribution in [2.24, 2.45) is 5.92 Å². The van der Waals surface area contributed by atoms with Crippen molar-refractivity contribution in [2.45, 2.75) is 78.3 Å². The highest BCUT2D eigenvalue weighted by molar-refractivity contribution is 7.74. The lowest BCUT2D eigenvalue weighted by molar-refractivity contribution is 0.743. The van der Waals surface area contributed by atoms with Gasteiger partial charge in [0.25, 0.3) is 0 Å². The molecule has 0 aliphatic heterocycles. The zero-order valence-electron chi connectivity index (χ0n) is 21.4. The van der Waals surface area contributed by atoms with Crippen LogP contribution in [-0.4, -0.2) is 16.0 Å². The predicted molar refractivity (Wildman–Crippen MR) is 154 cm³/mol. The number of hydrogen-bond donors (Lipinski definition) is 0. The zero-order valence-corrected chi connectivity index (χ0v) is 24.3. The van der Waals surface area contributed by atoms with Crippen LogP contribution < -0.4 is 10.6 Å².